The van der Waals surface area contributed by atoms with E-state index in [1.807, 2.05) is 0 Å². The Morgan fingerprint density at radius 1 is 1.11 bits per heavy atom. The Labute approximate surface area is 209 Å². The summed E-state index contributed by atoms with van der Waals surface area (Å²) in [6.45, 7) is 2.16. The highest BCUT2D eigenvalue weighted by molar-refractivity contribution is 6.31. The molecule has 5 rings (SSSR count). The quantitative estimate of drug-likeness (QED) is 0.424. The Kier molecular flexibility index (Phi) is 8.59. The molecule has 35 heavy (non-hydrogen) atoms. The average Bonchev–Trinajstić information content (AvgIpc) is 2.88. The van der Waals surface area contributed by atoms with Crippen LogP contribution in [0.2, 0.25) is 5.02 Å². The van der Waals surface area contributed by atoms with Crippen LogP contribution in [0.15, 0.2) is 36.7 Å². The van der Waals surface area contributed by atoms with Gasteiger partial charge in [0.25, 0.3) is 0 Å². The minimum atomic E-state index is -0.575. The van der Waals surface area contributed by atoms with Gasteiger partial charge in [0.1, 0.15) is 12.1 Å². The Morgan fingerprint density at radius 3 is 2.66 bits per heavy atom. The van der Waals surface area contributed by atoms with Crippen LogP contribution in [-0.2, 0) is 0 Å². The van der Waals surface area contributed by atoms with E-state index in [-0.39, 0.29) is 22.6 Å². The van der Waals surface area contributed by atoms with Gasteiger partial charge in [0.15, 0.2) is 17.3 Å². The molecule has 1 aromatic heterocycles. The van der Waals surface area contributed by atoms with Crippen molar-refractivity contribution in [3.63, 3.8) is 0 Å². The van der Waals surface area contributed by atoms with Crippen LogP contribution in [0.5, 0.6) is 11.5 Å². The Bertz CT molecular complexity index is 1140. The lowest BCUT2D eigenvalue weighted by Crippen LogP contribution is -2.45. The van der Waals surface area contributed by atoms with Crippen molar-refractivity contribution in [3.8, 4) is 11.5 Å². The molecule has 2 aliphatic rings. The van der Waals surface area contributed by atoms with Gasteiger partial charge in [-0.1, -0.05) is 36.9 Å². The van der Waals surface area contributed by atoms with Crippen molar-refractivity contribution in [3.05, 3.63) is 47.5 Å². The van der Waals surface area contributed by atoms with E-state index in [9.17, 15) is 14.6 Å². The molecule has 0 spiro atoms. The number of phenolic OH excluding ortho intramolecular Hbond substituents is 1. The standard InChI is InChI=1S/C15H11ClFN3O2.C11H21NO/c1-22-13-6-11-8(5-12(13)21)15(19-7-18-11)20-10-4-2-3-9(16)14(10)17;13-11-7-4-8-12(9-11)10-5-2-1-3-6-10/h2-7,21H,1H3,(H,18,19,20);10-11,13H,1-9H2/t;11-/m.0/s1. The number of aliphatic hydroxyl groups excluding tert-OH is 1. The number of methoxy groups -OCH3 is 1. The molecule has 3 aromatic rings. The molecule has 1 aliphatic heterocycles. The number of anilines is 2. The maximum absolute atomic E-state index is 14.0. The molecule has 2 heterocycles. The van der Waals surface area contributed by atoms with Gasteiger partial charge < -0.3 is 20.3 Å². The predicted molar refractivity (Wildman–Crippen MR) is 136 cm³/mol. The highest BCUT2D eigenvalue weighted by atomic mass is 35.5. The fourth-order valence-corrected chi connectivity index (χ4v) is 5.00. The van der Waals surface area contributed by atoms with E-state index in [1.54, 1.807) is 18.2 Å². The van der Waals surface area contributed by atoms with E-state index < -0.39 is 5.82 Å². The fourth-order valence-electron chi connectivity index (χ4n) is 4.82. The topological polar surface area (TPSA) is 90.7 Å². The van der Waals surface area contributed by atoms with Crippen LogP contribution in [-0.4, -0.2) is 57.4 Å². The zero-order valence-corrected chi connectivity index (χ0v) is 20.6. The lowest BCUT2D eigenvalue weighted by Gasteiger charge is -2.38. The van der Waals surface area contributed by atoms with E-state index in [1.165, 1.54) is 70.6 Å². The van der Waals surface area contributed by atoms with Gasteiger partial charge in [0.05, 0.1) is 29.4 Å². The first kappa shape index (κ1) is 25.4. The van der Waals surface area contributed by atoms with Gasteiger partial charge in [-0.05, 0) is 50.4 Å². The zero-order valence-electron chi connectivity index (χ0n) is 19.9. The van der Waals surface area contributed by atoms with Gasteiger partial charge in [-0.2, -0.15) is 0 Å². The molecule has 1 atom stereocenters. The Balaban J connectivity index is 0.000000189. The van der Waals surface area contributed by atoms with Crippen LogP contribution in [0, 0.1) is 5.82 Å². The molecular weight excluding hydrogens is 471 g/mol. The molecular formula is C26H32ClFN4O3. The number of hydrogen-bond acceptors (Lipinski definition) is 7. The van der Waals surface area contributed by atoms with Gasteiger partial charge >= 0.3 is 0 Å². The maximum Gasteiger partial charge on any atom is 0.165 e. The predicted octanol–water partition coefficient (Wildman–Crippen LogP) is 5.66. The van der Waals surface area contributed by atoms with E-state index in [4.69, 9.17) is 16.3 Å². The maximum atomic E-state index is 14.0. The largest absolute Gasteiger partial charge is 0.504 e. The van der Waals surface area contributed by atoms with Crippen LogP contribution in [0.1, 0.15) is 44.9 Å². The van der Waals surface area contributed by atoms with Crippen molar-refractivity contribution in [2.45, 2.75) is 57.1 Å². The second-order valence-electron chi connectivity index (χ2n) is 9.07. The second-order valence-corrected chi connectivity index (χ2v) is 9.48. The number of benzene rings is 2. The molecule has 1 saturated carbocycles. The first-order valence-corrected chi connectivity index (χ1v) is 12.5. The molecule has 0 radical (unpaired) electrons. The van der Waals surface area contributed by atoms with Gasteiger partial charge in [0.2, 0.25) is 0 Å². The summed E-state index contributed by atoms with van der Waals surface area (Å²) in [5.74, 6) is 0.0169. The molecule has 1 saturated heterocycles. The summed E-state index contributed by atoms with van der Waals surface area (Å²) in [5.41, 5.74) is 0.734. The van der Waals surface area contributed by atoms with Crippen LogP contribution < -0.4 is 10.1 Å². The molecule has 0 amide bonds. The molecule has 7 nitrogen and oxygen atoms in total. The Morgan fingerprint density at radius 2 is 1.91 bits per heavy atom. The smallest absolute Gasteiger partial charge is 0.165 e. The monoisotopic (exact) mass is 502 g/mol. The number of nitrogens with one attached hydrogen (secondary N) is 1. The van der Waals surface area contributed by atoms with E-state index in [2.05, 4.69) is 20.2 Å². The molecule has 1 aliphatic carbocycles. The summed E-state index contributed by atoms with van der Waals surface area (Å²) in [6, 6.07) is 8.45. The van der Waals surface area contributed by atoms with E-state index >= 15 is 0 Å². The summed E-state index contributed by atoms with van der Waals surface area (Å²) >= 11 is 5.76. The third-order valence-electron chi connectivity index (χ3n) is 6.66. The normalized spacial score (nSPS) is 19.1. The molecule has 9 heteroatoms. The third-order valence-corrected chi connectivity index (χ3v) is 6.95. The zero-order chi connectivity index (χ0) is 24.8. The lowest BCUT2D eigenvalue weighted by molar-refractivity contribution is 0.0361. The number of rotatable bonds is 4. The number of β-amino-alcohol motifs (C(OH)–C–C–N with tert-alkyl or cyclic N) is 1. The Hall–Kier alpha value is -2.68. The highest BCUT2D eigenvalue weighted by Gasteiger charge is 2.25. The summed E-state index contributed by atoms with van der Waals surface area (Å²) < 4.78 is 19.0. The lowest BCUT2D eigenvalue weighted by atomic mass is 9.92. The van der Waals surface area contributed by atoms with Crippen molar-refractivity contribution < 1.29 is 19.3 Å². The number of likely N-dealkylation sites (tertiary alicyclic amines) is 1. The molecule has 0 bridgehead atoms. The molecule has 2 fully saturated rings. The number of aromatic nitrogens is 2. The SMILES string of the molecule is COc1cc2ncnc(Nc3cccc(Cl)c3F)c2cc1O.O[C@H]1CCCN(C2CCCCC2)C1. The summed E-state index contributed by atoms with van der Waals surface area (Å²) in [5, 5.41) is 22.9. The number of aromatic hydroxyl groups is 1. The first-order valence-electron chi connectivity index (χ1n) is 12.1. The first-order chi connectivity index (χ1) is 17.0. The minimum Gasteiger partial charge on any atom is -0.504 e. The van der Waals surface area contributed by atoms with Crippen LogP contribution in [0.4, 0.5) is 15.9 Å². The number of nitrogens with zero attached hydrogens (tertiary/aromatic N) is 3. The highest BCUT2D eigenvalue weighted by Crippen LogP contribution is 2.34. The number of piperidine rings is 1. The van der Waals surface area contributed by atoms with Crippen molar-refractivity contribution in [2.24, 2.45) is 0 Å². The molecule has 3 N–H and O–H groups in total. The van der Waals surface area contributed by atoms with Gasteiger partial charge in [-0.15, -0.1) is 0 Å². The summed E-state index contributed by atoms with van der Waals surface area (Å²) in [7, 11) is 1.45. The van der Waals surface area contributed by atoms with Gasteiger partial charge in [-0.25, -0.2) is 14.4 Å². The number of phenols is 1. The van der Waals surface area contributed by atoms with E-state index in [0.717, 1.165) is 19.0 Å². The van der Waals surface area contributed by atoms with Crippen molar-refractivity contribution in [2.75, 3.05) is 25.5 Å². The van der Waals surface area contributed by atoms with E-state index in [0.29, 0.717) is 22.5 Å². The van der Waals surface area contributed by atoms with Crippen molar-refractivity contribution >= 4 is 34.0 Å². The molecule has 0 unspecified atom stereocenters. The fraction of sp³-hybridized carbons (Fsp3) is 0.462. The van der Waals surface area contributed by atoms with Crippen LogP contribution in [0.3, 0.4) is 0 Å². The average molecular weight is 503 g/mol. The number of fused-ring (bicyclic) bond motifs is 1. The van der Waals surface area contributed by atoms with Crippen LogP contribution >= 0.6 is 11.6 Å². The van der Waals surface area contributed by atoms with Crippen LogP contribution in [0.25, 0.3) is 10.9 Å². The number of halogens is 2. The molecule has 188 valence electrons. The third kappa shape index (κ3) is 6.31. The summed E-state index contributed by atoms with van der Waals surface area (Å²) in [4.78, 5) is 10.7. The van der Waals surface area contributed by atoms with Crippen molar-refractivity contribution in [1.29, 1.82) is 0 Å². The van der Waals surface area contributed by atoms with Gasteiger partial charge in [-0.3, -0.25) is 4.90 Å². The minimum absolute atomic E-state index is 0.00729. The molecule has 2 aromatic carbocycles. The number of ether oxygens (including phenoxy) is 1. The van der Waals surface area contributed by atoms with Crippen molar-refractivity contribution in [1.82, 2.24) is 14.9 Å². The summed E-state index contributed by atoms with van der Waals surface area (Å²) in [6.07, 6.45) is 10.5. The van der Waals surface area contributed by atoms with Gasteiger partial charge in [0, 0.05) is 24.0 Å². The number of hydrogen-bond donors (Lipinski definition) is 3. The second kappa shape index (κ2) is 11.8. The number of aliphatic hydroxyl groups is 1.